The summed E-state index contributed by atoms with van der Waals surface area (Å²) in [6.45, 7) is 2.16. The van der Waals surface area contributed by atoms with Gasteiger partial charge in [0.25, 0.3) is 0 Å². The van der Waals surface area contributed by atoms with Crippen molar-refractivity contribution in [2.75, 3.05) is 4.90 Å². The van der Waals surface area contributed by atoms with E-state index in [4.69, 9.17) is 19.4 Å². The Balaban J connectivity index is 1.15. The Hall–Kier alpha value is -7.44. The van der Waals surface area contributed by atoms with Crippen LogP contribution in [0.25, 0.3) is 72.2 Å². The molecule has 7 aromatic carbocycles. The smallest absolute Gasteiger partial charge is 0.235 e. The molecule has 3 aliphatic rings. The molecule has 2 atom stereocenters. The van der Waals surface area contributed by atoms with Gasteiger partial charge in [0.2, 0.25) is 5.95 Å². The van der Waals surface area contributed by atoms with Crippen molar-refractivity contribution >= 4 is 44.1 Å². The van der Waals surface area contributed by atoms with E-state index in [9.17, 15) is 0 Å². The largest absolute Gasteiger partial charge is 0.479 e. The second kappa shape index (κ2) is 12.0. The molecule has 2 aliphatic heterocycles. The zero-order valence-corrected chi connectivity index (χ0v) is 31.0. The van der Waals surface area contributed by atoms with E-state index in [1.807, 2.05) is 12.1 Å². The van der Waals surface area contributed by atoms with Gasteiger partial charge < -0.3 is 14.4 Å². The van der Waals surface area contributed by atoms with E-state index in [-0.39, 0.29) is 6.04 Å². The second-order valence-corrected chi connectivity index (χ2v) is 15.1. The number of allylic oxidation sites excluding steroid dienone is 2. The van der Waals surface area contributed by atoms with Crippen LogP contribution in [0.4, 0.5) is 11.4 Å². The Morgan fingerprint density at radius 2 is 1.25 bits per heavy atom. The summed E-state index contributed by atoms with van der Waals surface area (Å²) < 4.78 is 16.2. The van der Waals surface area contributed by atoms with Crippen LogP contribution >= 0.6 is 0 Å². The highest BCUT2D eigenvalue weighted by molar-refractivity contribution is 6.16. The topological polar surface area (TPSA) is 52.4 Å². The predicted molar refractivity (Wildman–Crippen MR) is 230 cm³/mol. The summed E-state index contributed by atoms with van der Waals surface area (Å²) in [7, 11) is 0. The number of fused-ring (bicyclic) bond motifs is 9. The standard InChI is InChI=1S/C51H34N4O2/c1-51-27-15-14-26-45(51)55-41-24-12-13-25-43(41)56-49-46-38-21-9-11-23-40(38)54(42(46)31-44(57-51)48(49)55)50-52-39-22-10-8-20-37(39)47(53-50)36-29-34(32-16-4-2-5-17-32)28-35(30-36)33-18-6-3-7-19-33/h2-31,45H,1H3. The normalized spacial score (nSPS) is 17.6. The Morgan fingerprint density at radius 1 is 0.579 bits per heavy atom. The summed E-state index contributed by atoms with van der Waals surface area (Å²) in [5.74, 6) is 2.90. The fourth-order valence-electron chi connectivity index (χ4n) is 9.06. The van der Waals surface area contributed by atoms with Crippen LogP contribution in [-0.2, 0) is 0 Å². The maximum Gasteiger partial charge on any atom is 0.235 e. The molecule has 270 valence electrons. The molecular formula is C51H34N4O2. The molecule has 2 unspecified atom stereocenters. The predicted octanol–water partition coefficient (Wildman–Crippen LogP) is 12.6. The summed E-state index contributed by atoms with van der Waals surface area (Å²) >= 11 is 0. The molecule has 6 nitrogen and oxygen atoms in total. The van der Waals surface area contributed by atoms with Crippen LogP contribution in [0.2, 0.25) is 0 Å². The molecule has 4 heterocycles. The Bertz CT molecular complexity index is 3110. The van der Waals surface area contributed by atoms with E-state index in [2.05, 4.69) is 186 Å². The van der Waals surface area contributed by atoms with Gasteiger partial charge in [-0.15, -0.1) is 0 Å². The minimum absolute atomic E-state index is 0.0663. The molecule has 0 fully saturated rings. The molecule has 9 aromatic rings. The van der Waals surface area contributed by atoms with Gasteiger partial charge in [0, 0.05) is 22.4 Å². The van der Waals surface area contributed by atoms with Crippen LogP contribution in [-0.4, -0.2) is 26.2 Å². The number of para-hydroxylation sites is 4. The number of anilines is 2. The summed E-state index contributed by atoms with van der Waals surface area (Å²) in [5, 5.41) is 3.02. The Morgan fingerprint density at radius 3 is 2.04 bits per heavy atom. The number of hydrogen-bond donors (Lipinski definition) is 0. The average Bonchev–Trinajstić information content (AvgIpc) is 3.60. The fraction of sp³-hybridized carbons (Fsp3) is 0.0588. The molecule has 0 saturated heterocycles. The molecule has 57 heavy (non-hydrogen) atoms. The molecule has 0 bridgehead atoms. The summed E-state index contributed by atoms with van der Waals surface area (Å²) in [6, 6.07) is 55.0. The number of aromatic nitrogens is 3. The van der Waals surface area contributed by atoms with Crippen molar-refractivity contribution in [1.29, 1.82) is 0 Å². The zero-order valence-electron chi connectivity index (χ0n) is 31.0. The van der Waals surface area contributed by atoms with E-state index in [0.717, 1.165) is 94.8 Å². The molecule has 0 spiro atoms. The maximum absolute atomic E-state index is 7.04. The van der Waals surface area contributed by atoms with E-state index in [1.165, 1.54) is 0 Å². The molecule has 0 saturated carbocycles. The lowest BCUT2D eigenvalue weighted by Crippen LogP contribution is -2.55. The van der Waals surface area contributed by atoms with Crippen molar-refractivity contribution < 1.29 is 9.47 Å². The third kappa shape index (κ3) is 4.77. The molecule has 0 N–H and O–H groups in total. The first-order valence-electron chi connectivity index (χ1n) is 19.4. The number of rotatable bonds is 4. The maximum atomic E-state index is 7.04. The van der Waals surface area contributed by atoms with Crippen LogP contribution in [0, 0.1) is 0 Å². The minimum Gasteiger partial charge on any atom is -0.479 e. The van der Waals surface area contributed by atoms with Crippen LogP contribution < -0.4 is 14.4 Å². The van der Waals surface area contributed by atoms with Gasteiger partial charge in [-0.2, -0.15) is 0 Å². The average molecular weight is 735 g/mol. The lowest BCUT2D eigenvalue weighted by molar-refractivity contribution is 0.111. The first-order chi connectivity index (χ1) is 28.1. The van der Waals surface area contributed by atoms with Gasteiger partial charge in [-0.05, 0) is 77.7 Å². The quantitative estimate of drug-likeness (QED) is 0.180. The van der Waals surface area contributed by atoms with Crippen LogP contribution in [0.15, 0.2) is 182 Å². The van der Waals surface area contributed by atoms with Gasteiger partial charge in [0.05, 0.1) is 39.4 Å². The first kappa shape index (κ1) is 31.9. The molecule has 0 radical (unpaired) electrons. The summed E-state index contributed by atoms with van der Waals surface area (Å²) in [6.07, 6.45) is 8.56. The van der Waals surface area contributed by atoms with Crippen molar-refractivity contribution in [2.45, 2.75) is 18.6 Å². The summed E-state index contributed by atoms with van der Waals surface area (Å²) in [5.41, 5.74) is 10.5. The van der Waals surface area contributed by atoms with Crippen LogP contribution in [0.3, 0.4) is 0 Å². The van der Waals surface area contributed by atoms with Crippen molar-refractivity contribution in [3.8, 4) is 56.7 Å². The SMILES string of the molecule is CC12C=CC=CC1N1c3ccccc3Oc3c1c(cc1c3c3ccccc3n1-c1nc(-c3cc(-c4ccccc4)cc(-c4ccccc4)c3)c3ccccc3n1)O2. The lowest BCUT2D eigenvalue weighted by Gasteiger charge is -2.50. The highest BCUT2D eigenvalue weighted by Gasteiger charge is 2.48. The van der Waals surface area contributed by atoms with Gasteiger partial charge in [-0.25, -0.2) is 9.97 Å². The highest BCUT2D eigenvalue weighted by atomic mass is 16.5. The molecule has 6 heteroatoms. The fourth-order valence-corrected chi connectivity index (χ4v) is 9.06. The number of nitrogens with zero attached hydrogens (tertiary/aromatic N) is 4. The van der Waals surface area contributed by atoms with Crippen LogP contribution in [0.5, 0.6) is 17.2 Å². The third-order valence-corrected chi connectivity index (χ3v) is 11.7. The second-order valence-electron chi connectivity index (χ2n) is 15.1. The van der Waals surface area contributed by atoms with Crippen LogP contribution in [0.1, 0.15) is 6.92 Å². The van der Waals surface area contributed by atoms with Gasteiger partial charge in [0.15, 0.2) is 11.5 Å². The molecule has 12 rings (SSSR count). The Kier molecular flexibility index (Phi) is 6.72. The summed E-state index contributed by atoms with van der Waals surface area (Å²) in [4.78, 5) is 13.2. The zero-order chi connectivity index (χ0) is 37.7. The Labute approximate surface area is 329 Å². The molecule has 2 aromatic heterocycles. The van der Waals surface area contributed by atoms with Crippen molar-refractivity contribution in [3.63, 3.8) is 0 Å². The number of ether oxygens (including phenoxy) is 2. The third-order valence-electron chi connectivity index (χ3n) is 11.7. The number of benzene rings is 7. The van der Waals surface area contributed by atoms with Gasteiger partial charge in [0.1, 0.15) is 17.0 Å². The van der Waals surface area contributed by atoms with E-state index < -0.39 is 5.60 Å². The van der Waals surface area contributed by atoms with Gasteiger partial charge in [-0.3, -0.25) is 4.57 Å². The van der Waals surface area contributed by atoms with Crippen molar-refractivity contribution in [1.82, 2.24) is 14.5 Å². The monoisotopic (exact) mass is 734 g/mol. The van der Waals surface area contributed by atoms with Gasteiger partial charge in [-0.1, -0.05) is 127 Å². The van der Waals surface area contributed by atoms with E-state index in [0.29, 0.717) is 5.95 Å². The first-order valence-corrected chi connectivity index (χ1v) is 19.4. The van der Waals surface area contributed by atoms with Gasteiger partial charge >= 0.3 is 0 Å². The highest BCUT2D eigenvalue weighted by Crippen LogP contribution is 2.60. The van der Waals surface area contributed by atoms with Crippen molar-refractivity contribution in [3.05, 3.63) is 182 Å². The van der Waals surface area contributed by atoms with E-state index >= 15 is 0 Å². The van der Waals surface area contributed by atoms with E-state index in [1.54, 1.807) is 0 Å². The molecular weight excluding hydrogens is 701 g/mol. The van der Waals surface area contributed by atoms with Crippen molar-refractivity contribution in [2.24, 2.45) is 0 Å². The molecule has 1 aliphatic carbocycles. The molecule has 0 amide bonds. The lowest BCUT2D eigenvalue weighted by atomic mass is 9.86. The number of hydrogen-bond acceptors (Lipinski definition) is 5. The minimum atomic E-state index is -0.610.